The van der Waals surface area contributed by atoms with Crippen molar-refractivity contribution in [3.63, 3.8) is 0 Å². The summed E-state index contributed by atoms with van der Waals surface area (Å²) in [6, 6.07) is 7.80. The highest BCUT2D eigenvalue weighted by Crippen LogP contribution is 2.22. The number of aromatic nitrogens is 4. The van der Waals surface area contributed by atoms with Gasteiger partial charge in [-0.1, -0.05) is 23.7 Å². The normalized spacial score (nSPS) is 10.9. The van der Waals surface area contributed by atoms with Gasteiger partial charge in [0.25, 0.3) is 0 Å². The van der Waals surface area contributed by atoms with Crippen LogP contribution in [-0.2, 0) is 0 Å². The summed E-state index contributed by atoms with van der Waals surface area (Å²) in [5.74, 6) is 0.587. The lowest BCUT2D eigenvalue weighted by atomic mass is 10.3. The van der Waals surface area contributed by atoms with E-state index >= 15 is 0 Å². The Balaban J connectivity index is 2.42. The third-order valence-electron chi connectivity index (χ3n) is 2.45. The van der Waals surface area contributed by atoms with E-state index in [0.717, 1.165) is 11.0 Å². The quantitative estimate of drug-likeness (QED) is 0.686. The van der Waals surface area contributed by atoms with Crippen molar-refractivity contribution >= 4 is 34.9 Å². The number of benzene rings is 1. The maximum absolute atomic E-state index is 6.08. The molecule has 0 aliphatic carbocycles. The smallest absolute Gasteiger partial charge is 0.184 e. The fourth-order valence-electron chi connectivity index (χ4n) is 1.74. The van der Waals surface area contributed by atoms with E-state index in [1.54, 1.807) is 10.8 Å². The zero-order chi connectivity index (χ0) is 11.8. The predicted molar refractivity (Wildman–Crippen MR) is 69.1 cm³/mol. The molecule has 0 aliphatic rings. The van der Waals surface area contributed by atoms with Crippen molar-refractivity contribution in [2.45, 2.75) is 0 Å². The second-order valence-corrected chi connectivity index (χ2v) is 4.27. The first kappa shape index (κ1) is 10.4. The Bertz CT molecular complexity index is 746. The first-order chi connectivity index (χ1) is 8.27. The zero-order valence-electron chi connectivity index (χ0n) is 8.59. The van der Waals surface area contributed by atoms with Crippen LogP contribution in [0.1, 0.15) is 0 Å². The van der Waals surface area contributed by atoms with E-state index in [4.69, 9.17) is 23.8 Å². The molecule has 0 radical (unpaired) electrons. The summed E-state index contributed by atoms with van der Waals surface area (Å²) in [6.45, 7) is 0. The Kier molecular flexibility index (Phi) is 2.42. The molecule has 1 N–H and O–H groups in total. The van der Waals surface area contributed by atoms with Crippen LogP contribution in [0.4, 0.5) is 0 Å². The van der Waals surface area contributed by atoms with Crippen LogP contribution in [0.2, 0.25) is 5.02 Å². The van der Waals surface area contributed by atoms with E-state index in [9.17, 15) is 0 Å². The zero-order valence-corrected chi connectivity index (χ0v) is 10.2. The monoisotopic (exact) mass is 262 g/mol. The third kappa shape index (κ3) is 1.64. The van der Waals surface area contributed by atoms with E-state index in [0.29, 0.717) is 15.6 Å². The summed E-state index contributed by atoms with van der Waals surface area (Å²) in [6.07, 6.45) is 3.00. The third-order valence-corrected chi connectivity index (χ3v) is 3.00. The number of hydrogen-bond donors (Lipinski definition) is 1. The van der Waals surface area contributed by atoms with Gasteiger partial charge in [0.15, 0.2) is 10.6 Å². The van der Waals surface area contributed by atoms with Crippen molar-refractivity contribution in [1.82, 2.24) is 19.5 Å². The number of fused-ring (bicyclic) bond motifs is 1. The topological polar surface area (TPSA) is 46.5 Å². The van der Waals surface area contributed by atoms with Gasteiger partial charge in [-0.3, -0.25) is 4.57 Å². The second kappa shape index (κ2) is 3.94. The summed E-state index contributed by atoms with van der Waals surface area (Å²) in [5.41, 5.74) is 1.89. The molecule has 0 saturated heterocycles. The number of nitrogens with one attached hydrogen (secondary N) is 1. The minimum atomic E-state index is 0.466. The van der Waals surface area contributed by atoms with Crippen LogP contribution in [-0.4, -0.2) is 19.5 Å². The number of aromatic amines is 1. The van der Waals surface area contributed by atoms with Gasteiger partial charge in [0.05, 0.1) is 17.2 Å². The molecular formula is C11H7ClN4S. The van der Waals surface area contributed by atoms with E-state index in [2.05, 4.69) is 15.0 Å². The average Bonchev–Trinajstić information content (AvgIpc) is 2.66. The van der Waals surface area contributed by atoms with E-state index in [1.165, 1.54) is 6.33 Å². The molecule has 0 fully saturated rings. The van der Waals surface area contributed by atoms with Crippen LogP contribution in [0.25, 0.3) is 16.9 Å². The number of halogens is 1. The number of rotatable bonds is 1. The lowest BCUT2D eigenvalue weighted by Crippen LogP contribution is -1.98. The number of H-pyrrole nitrogens is 1. The number of hydrogen-bond acceptors (Lipinski definition) is 3. The number of imidazole rings is 1. The Morgan fingerprint density at radius 1 is 1.29 bits per heavy atom. The molecule has 2 aromatic heterocycles. The molecule has 3 aromatic rings. The summed E-state index contributed by atoms with van der Waals surface area (Å²) in [7, 11) is 0. The van der Waals surface area contributed by atoms with Crippen molar-refractivity contribution in [2.24, 2.45) is 0 Å². The lowest BCUT2D eigenvalue weighted by Gasteiger charge is -2.04. The summed E-state index contributed by atoms with van der Waals surface area (Å²) < 4.78 is 2.36. The molecule has 2 heterocycles. The van der Waals surface area contributed by atoms with Crippen molar-refractivity contribution in [1.29, 1.82) is 0 Å². The SMILES string of the molecule is S=c1[nH]c2ccccc2n1-c1ncncc1Cl. The molecule has 0 atom stereocenters. The minimum Gasteiger partial charge on any atom is -0.330 e. The van der Waals surface area contributed by atoms with Crippen molar-refractivity contribution in [3.8, 4) is 5.82 Å². The maximum atomic E-state index is 6.08. The van der Waals surface area contributed by atoms with E-state index in [1.807, 2.05) is 24.3 Å². The molecule has 0 spiro atoms. The molecule has 4 nitrogen and oxygen atoms in total. The number of para-hydroxylation sites is 2. The first-order valence-corrected chi connectivity index (χ1v) is 5.71. The average molecular weight is 263 g/mol. The Morgan fingerprint density at radius 2 is 2.12 bits per heavy atom. The van der Waals surface area contributed by atoms with Crippen molar-refractivity contribution < 1.29 is 0 Å². The molecule has 17 heavy (non-hydrogen) atoms. The van der Waals surface area contributed by atoms with Gasteiger partial charge in [-0.15, -0.1) is 0 Å². The Hall–Kier alpha value is -1.72. The Morgan fingerprint density at radius 3 is 2.94 bits per heavy atom. The van der Waals surface area contributed by atoms with Gasteiger partial charge in [0.2, 0.25) is 0 Å². The molecule has 0 amide bonds. The molecule has 1 aromatic carbocycles. The molecule has 6 heteroatoms. The van der Waals surface area contributed by atoms with Crippen LogP contribution in [0, 0.1) is 4.77 Å². The van der Waals surface area contributed by atoms with Gasteiger partial charge in [-0.2, -0.15) is 0 Å². The fraction of sp³-hybridized carbons (Fsp3) is 0. The Labute approximate surface area is 107 Å². The number of nitrogens with zero attached hydrogens (tertiary/aromatic N) is 3. The van der Waals surface area contributed by atoms with Gasteiger partial charge in [-0.05, 0) is 24.4 Å². The van der Waals surface area contributed by atoms with Gasteiger partial charge >= 0.3 is 0 Å². The molecule has 3 rings (SSSR count). The molecule has 0 aliphatic heterocycles. The van der Waals surface area contributed by atoms with Gasteiger partial charge in [0.1, 0.15) is 11.3 Å². The molecule has 84 valence electrons. The largest absolute Gasteiger partial charge is 0.330 e. The molecular weight excluding hydrogens is 256 g/mol. The van der Waals surface area contributed by atoms with Gasteiger partial charge in [0, 0.05) is 0 Å². The maximum Gasteiger partial charge on any atom is 0.184 e. The highest BCUT2D eigenvalue weighted by atomic mass is 35.5. The second-order valence-electron chi connectivity index (χ2n) is 3.48. The molecule has 0 unspecified atom stereocenters. The summed E-state index contributed by atoms with van der Waals surface area (Å²) in [4.78, 5) is 11.1. The van der Waals surface area contributed by atoms with Crippen LogP contribution >= 0.6 is 23.8 Å². The highest BCUT2D eigenvalue weighted by molar-refractivity contribution is 7.71. The summed E-state index contributed by atoms with van der Waals surface area (Å²) >= 11 is 11.4. The van der Waals surface area contributed by atoms with Crippen LogP contribution < -0.4 is 0 Å². The van der Waals surface area contributed by atoms with Crippen LogP contribution in [0.3, 0.4) is 0 Å². The first-order valence-electron chi connectivity index (χ1n) is 4.93. The minimum absolute atomic E-state index is 0.466. The van der Waals surface area contributed by atoms with Gasteiger partial charge in [-0.25, -0.2) is 9.97 Å². The lowest BCUT2D eigenvalue weighted by molar-refractivity contribution is 0.979. The van der Waals surface area contributed by atoms with Crippen molar-refractivity contribution in [3.05, 3.63) is 46.6 Å². The predicted octanol–water partition coefficient (Wildman–Crippen LogP) is 3.13. The highest BCUT2D eigenvalue weighted by Gasteiger charge is 2.09. The van der Waals surface area contributed by atoms with E-state index in [-0.39, 0.29) is 0 Å². The standard InChI is InChI=1S/C11H7ClN4S/c12-7-5-13-6-14-10(7)16-9-4-2-1-3-8(9)15-11(16)17/h1-6H,(H,15,17). The summed E-state index contributed by atoms with van der Waals surface area (Å²) in [5, 5.41) is 0.466. The van der Waals surface area contributed by atoms with E-state index < -0.39 is 0 Å². The molecule has 0 bridgehead atoms. The van der Waals surface area contributed by atoms with Crippen LogP contribution in [0.5, 0.6) is 0 Å². The van der Waals surface area contributed by atoms with Crippen molar-refractivity contribution in [2.75, 3.05) is 0 Å². The van der Waals surface area contributed by atoms with Gasteiger partial charge < -0.3 is 4.98 Å². The fourth-order valence-corrected chi connectivity index (χ4v) is 2.22. The van der Waals surface area contributed by atoms with Crippen LogP contribution in [0.15, 0.2) is 36.8 Å². The molecule has 0 saturated carbocycles.